The second-order valence-electron chi connectivity index (χ2n) is 21.0. The summed E-state index contributed by atoms with van der Waals surface area (Å²) < 4.78 is 19.9. The number of nitrogens with zero attached hydrogens (tertiary/aromatic N) is 6. The van der Waals surface area contributed by atoms with Gasteiger partial charge in [0.25, 0.3) is 0 Å². The van der Waals surface area contributed by atoms with Crippen molar-refractivity contribution in [2.24, 2.45) is 23.3 Å². The zero-order valence-corrected chi connectivity index (χ0v) is 53.4. The Kier molecular flexibility index (Phi) is 46.4. The van der Waals surface area contributed by atoms with E-state index in [-0.39, 0.29) is 87.7 Å². The number of esters is 1. The van der Waals surface area contributed by atoms with Gasteiger partial charge in [-0.3, -0.25) is 38.4 Å². The van der Waals surface area contributed by atoms with E-state index in [0.717, 1.165) is 68.8 Å². The van der Waals surface area contributed by atoms with Gasteiger partial charge in [0.1, 0.15) is 30.8 Å². The van der Waals surface area contributed by atoms with Crippen molar-refractivity contribution in [2.45, 2.75) is 151 Å². The predicted molar refractivity (Wildman–Crippen MR) is 324 cm³/mol. The molecule has 0 fully saturated rings. The topological polar surface area (TPSA) is 414 Å². The number of aromatic nitrogens is 6. The van der Waals surface area contributed by atoms with Crippen LogP contribution >= 0.6 is 0 Å². The highest BCUT2D eigenvalue weighted by Crippen LogP contribution is 2.09. The van der Waals surface area contributed by atoms with Gasteiger partial charge in [0.15, 0.2) is 0 Å². The number of quaternary nitrogens is 1. The number of rotatable bonds is 43. The zero-order chi connectivity index (χ0) is 63.9. The van der Waals surface area contributed by atoms with Crippen molar-refractivity contribution in [3.05, 3.63) is 59.7 Å². The van der Waals surface area contributed by atoms with E-state index in [1.54, 1.807) is 9.36 Å². The number of ether oxygens (including phenoxy) is 3. The van der Waals surface area contributed by atoms with E-state index in [2.05, 4.69) is 88.1 Å². The van der Waals surface area contributed by atoms with Gasteiger partial charge in [-0.05, 0) is 43.1 Å². The van der Waals surface area contributed by atoms with Crippen LogP contribution in [0.5, 0.6) is 0 Å². The molecule has 1 aromatic carbocycles. The molecule has 2 heterocycles. The number of benzene rings is 1. The summed E-state index contributed by atoms with van der Waals surface area (Å²) in [5, 5.41) is 41.1. The van der Waals surface area contributed by atoms with Gasteiger partial charge in [0.2, 0.25) is 41.4 Å². The molecule has 30 heteroatoms. The summed E-state index contributed by atoms with van der Waals surface area (Å²) in [7, 11) is 0. The highest BCUT2D eigenvalue weighted by molar-refractivity contribution is 5.95. The minimum Gasteiger partial charge on any atom is -1.00 e. The van der Waals surface area contributed by atoms with Crippen molar-refractivity contribution in [2.75, 3.05) is 91.9 Å². The fraction of sp³-hybridized carbons (Fsp3) is 0.684. The van der Waals surface area contributed by atoms with Crippen LogP contribution in [0.2, 0.25) is 0 Å². The monoisotopic (exact) mass is 1250 g/mol. The number of hydrogen-bond donors (Lipinski definition) is 12. The number of hydrogen-bond acceptors (Lipinski definition) is 19. The van der Waals surface area contributed by atoms with E-state index in [0.29, 0.717) is 65.3 Å². The maximum Gasteiger partial charge on any atom is 0.308 e. The van der Waals surface area contributed by atoms with Gasteiger partial charge >= 0.3 is 5.97 Å². The van der Waals surface area contributed by atoms with E-state index in [1.165, 1.54) is 13.8 Å². The molecule has 0 radical (unpaired) electrons. The molecule has 16 N–H and O–H groups in total. The van der Waals surface area contributed by atoms with Crippen LogP contribution in [0.15, 0.2) is 42.7 Å². The van der Waals surface area contributed by atoms with Gasteiger partial charge in [-0.15, -0.1) is 10.2 Å². The third-order valence-corrected chi connectivity index (χ3v) is 11.9. The van der Waals surface area contributed by atoms with Crippen LogP contribution < -0.4 is 77.5 Å². The minimum absolute atomic E-state index is 0. The van der Waals surface area contributed by atoms with Crippen molar-refractivity contribution in [1.82, 2.24) is 77.8 Å². The lowest BCUT2D eigenvalue weighted by atomic mass is 10.0. The summed E-state index contributed by atoms with van der Waals surface area (Å²) in [6, 6.07) is 5.18. The molecule has 0 spiro atoms. The maximum atomic E-state index is 13.0. The molecule has 3 aromatic rings. The standard InChI is InChI=1S/C28H42N6O6.C25H47N9O5.C4H13N3.ClH/c1-5-9-23-18-34(33-32-23)13-15-39-14-12-29-27(37)25(17-26(36)40-19-22-10-7-6-8-11-22)31-28(38)24(16-20(2)3)30-21(4)35;1-5-6-20-17-34(33-32-20)12-14-39-13-11-29-24(37)22(16-23(36)28-10-9-27-8-7-26)31-25(38)21(15-18(2)3)30-19(4)35;5-1-3-7-4-2-6;/h6-8,10-11,18,20,24-25H,5,9,12-17,19H2,1-4H3,(H,29,37)(H,30,35)(H,31,38);17-18,21-22,27H,5-16,26H2,1-4H3,(H,28,36)(H,29,37)(H,30,35)(H,31,38);7H,1-6H2;1H/t24-,25+;21-,22+;;/m11../s1. The number of nitrogens with one attached hydrogen (secondary N) is 9. The van der Waals surface area contributed by atoms with E-state index in [4.69, 9.17) is 25.7 Å². The smallest absolute Gasteiger partial charge is 0.308 e. The SMILES string of the molecule is CCCc1cn(CCOCCNC(=O)[C@H](CC(=O)NCCNCC[NH3+])NC(=O)[C@@H](CC(C)C)NC(C)=O)nn1.CCCc1cn(CCOCCNC(=O)[C@H](CC(=O)OCc2ccccc2)NC(=O)[C@@H](CC(C)C)NC(C)=O)nn1.NCCNCCN.[Cl-]. The molecule has 87 heavy (non-hydrogen) atoms. The van der Waals surface area contributed by atoms with Gasteiger partial charge in [-0.1, -0.05) is 95.1 Å². The third-order valence-electron chi connectivity index (χ3n) is 11.9. The van der Waals surface area contributed by atoms with Crippen molar-refractivity contribution in [3.63, 3.8) is 0 Å². The van der Waals surface area contributed by atoms with Gasteiger partial charge in [0, 0.05) is 85.1 Å². The fourth-order valence-electron chi connectivity index (χ4n) is 7.85. The molecule has 0 unspecified atom stereocenters. The Bertz CT molecular complexity index is 2360. The van der Waals surface area contributed by atoms with Crippen LogP contribution in [-0.2, 0) is 85.1 Å². The van der Waals surface area contributed by atoms with Crippen molar-refractivity contribution < 1.29 is 70.7 Å². The first-order valence-electron chi connectivity index (χ1n) is 30.0. The van der Waals surface area contributed by atoms with E-state index in [9.17, 15) is 38.4 Å². The van der Waals surface area contributed by atoms with Gasteiger partial charge < -0.3 is 91.7 Å². The average molecular weight is 1250 g/mol. The van der Waals surface area contributed by atoms with E-state index in [1.807, 2.05) is 70.4 Å². The largest absolute Gasteiger partial charge is 1.00 e. The second kappa shape index (κ2) is 50.3. The first-order valence-corrected chi connectivity index (χ1v) is 30.0. The molecule has 0 aliphatic rings. The number of aryl methyl sites for hydroxylation is 2. The normalized spacial score (nSPS) is 12.1. The predicted octanol–water partition coefficient (Wildman–Crippen LogP) is -5.23. The van der Waals surface area contributed by atoms with Crippen LogP contribution in [0.1, 0.15) is 111 Å². The molecule has 0 bridgehead atoms. The Labute approximate surface area is 519 Å². The molecule has 0 saturated carbocycles. The molecule has 0 saturated heterocycles. The van der Waals surface area contributed by atoms with E-state index >= 15 is 0 Å². The summed E-state index contributed by atoms with van der Waals surface area (Å²) >= 11 is 0. The Balaban J connectivity index is 0.00000151. The van der Waals surface area contributed by atoms with Crippen LogP contribution in [0.3, 0.4) is 0 Å². The molecule has 2 aromatic heterocycles. The van der Waals surface area contributed by atoms with Crippen molar-refractivity contribution >= 4 is 47.3 Å². The Hall–Kier alpha value is -6.73. The van der Waals surface area contributed by atoms with Crippen LogP contribution in [0, 0.1) is 11.8 Å². The van der Waals surface area contributed by atoms with Gasteiger partial charge in [0.05, 0.1) is 70.3 Å². The van der Waals surface area contributed by atoms with Crippen LogP contribution in [-0.4, -0.2) is 193 Å². The Morgan fingerprint density at radius 2 is 1.02 bits per heavy atom. The number of halogens is 1. The molecule has 0 aliphatic carbocycles. The minimum atomic E-state index is -1.19. The Morgan fingerprint density at radius 3 is 1.45 bits per heavy atom. The maximum absolute atomic E-state index is 13.0. The molecule has 4 atom stereocenters. The van der Waals surface area contributed by atoms with Crippen LogP contribution in [0.25, 0.3) is 0 Å². The number of amides is 7. The molecular weight excluding hydrogens is 1150 g/mol. The third kappa shape index (κ3) is 41.1. The Morgan fingerprint density at radius 1 is 0.563 bits per heavy atom. The summed E-state index contributed by atoms with van der Waals surface area (Å²) in [6.07, 6.45) is 7.66. The lowest BCUT2D eigenvalue weighted by Gasteiger charge is -2.23. The molecule has 7 amide bonds. The molecular formula is C57H103ClN18O11. The molecule has 3 rings (SSSR count). The molecule has 494 valence electrons. The summed E-state index contributed by atoms with van der Waals surface area (Å²) in [5.74, 6) is -3.64. The van der Waals surface area contributed by atoms with Gasteiger partial charge in [-0.2, -0.15) is 0 Å². The van der Waals surface area contributed by atoms with Crippen LogP contribution in [0.4, 0.5) is 0 Å². The number of nitrogens with two attached hydrogens (primary N) is 2. The molecule has 0 aliphatic heterocycles. The second-order valence-corrected chi connectivity index (χ2v) is 21.0. The number of carbonyl (C=O) groups excluding carboxylic acids is 8. The lowest BCUT2D eigenvalue weighted by Crippen LogP contribution is -3.00. The highest BCUT2D eigenvalue weighted by Gasteiger charge is 2.30. The summed E-state index contributed by atoms with van der Waals surface area (Å²) in [6.45, 7) is 22.7. The van der Waals surface area contributed by atoms with E-state index < -0.39 is 53.8 Å². The van der Waals surface area contributed by atoms with Crippen molar-refractivity contribution in [1.29, 1.82) is 0 Å². The number of carbonyl (C=O) groups is 8. The quantitative estimate of drug-likeness (QED) is 0.0186. The summed E-state index contributed by atoms with van der Waals surface area (Å²) in [4.78, 5) is 100. The first kappa shape index (κ1) is 80.3. The summed E-state index contributed by atoms with van der Waals surface area (Å²) in [5.41, 5.74) is 16.7. The van der Waals surface area contributed by atoms with Gasteiger partial charge in [-0.25, -0.2) is 9.36 Å². The molecule has 29 nitrogen and oxygen atoms in total. The first-order chi connectivity index (χ1) is 41.2. The van der Waals surface area contributed by atoms with Crippen molar-refractivity contribution in [3.8, 4) is 0 Å². The average Bonchev–Trinajstić information content (AvgIpc) is 4.23. The lowest BCUT2D eigenvalue weighted by molar-refractivity contribution is -0.365. The fourth-order valence-corrected chi connectivity index (χ4v) is 7.85. The highest BCUT2D eigenvalue weighted by atomic mass is 35.5. The zero-order valence-electron chi connectivity index (χ0n) is 52.6.